The number of carbonyl (C=O) groups is 2. The van der Waals surface area contributed by atoms with E-state index >= 15 is 0 Å². The molecule has 126 valence electrons. The lowest BCUT2D eigenvalue weighted by Gasteiger charge is -2.06. The van der Waals surface area contributed by atoms with Gasteiger partial charge in [-0.3, -0.25) is 9.59 Å². The first-order valence-electron chi connectivity index (χ1n) is 7.20. The number of nitro groups is 1. The highest BCUT2D eigenvalue weighted by Crippen LogP contribution is 2.25. The number of nitrogens with zero attached hydrogens (tertiary/aromatic N) is 2. The molecule has 0 atom stereocenters. The van der Waals surface area contributed by atoms with E-state index in [1.54, 1.807) is 26.8 Å². The molecule has 0 aliphatic rings. The number of Topliss-reactive ketones (excluding diaryl/α,β-unsaturated/α-hetero) is 2. The van der Waals surface area contributed by atoms with Gasteiger partial charge in [-0.25, -0.2) is 0 Å². The second kappa shape index (κ2) is 6.61. The number of aromatic amines is 1. The highest BCUT2D eigenvalue weighted by atomic mass is 16.6. The molecule has 0 aliphatic carbocycles. The van der Waals surface area contributed by atoms with Crippen LogP contribution < -0.4 is 4.74 Å². The van der Waals surface area contributed by atoms with E-state index in [2.05, 4.69) is 9.97 Å². The lowest BCUT2D eigenvalue weighted by atomic mass is 10.1. The molecule has 2 aromatic rings. The molecule has 0 saturated carbocycles. The first-order chi connectivity index (χ1) is 11.2. The Balaban J connectivity index is 2.22. The molecule has 0 aromatic carbocycles. The van der Waals surface area contributed by atoms with Crippen molar-refractivity contribution < 1.29 is 19.2 Å². The number of ether oxygens (including phenoxy) is 1. The van der Waals surface area contributed by atoms with Gasteiger partial charge in [0.05, 0.1) is 5.69 Å². The van der Waals surface area contributed by atoms with E-state index < -0.39 is 23.1 Å². The van der Waals surface area contributed by atoms with E-state index in [-0.39, 0.29) is 17.2 Å². The summed E-state index contributed by atoms with van der Waals surface area (Å²) < 4.78 is 5.28. The van der Waals surface area contributed by atoms with Crippen LogP contribution in [0.2, 0.25) is 0 Å². The van der Waals surface area contributed by atoms with Gasteiger partial charge in [0.15, 0.2) is 12.4 Å². The van der Waals surface area contributed by atoms with Crippen molar-refractivity contribution in [3.05, 3.63) is 50.5 Å². The van der Waals surface area contributed by atoms with E-state index in [4.69, 9.17) is 4.74 Å². The summed E-state index contributed by atoms with van der Waals surface area (Å²) >= 11 is 0. The number of rotatable bonds is 6. The number of nitrogens with one attached hydrogen (secondary N) is 1. The van der Waals surface area contributed by atoms with Gasteiger partial charge in [0.2, 0.25) is 11.5 Å². The molecule has 0 aliphatic heterocycles. The van der Waals surface area contributed by atoms with Gasteiger partial charge in [-0.15, -0.1) is 0 Å². The van der Waals surface area contributed by atoms with Gasteiger partial charge in [0.25, 0.3) is 0 Å². The van der Waals surface area contributed by atoms with Gasteiger partial charge >= 0.3 is 5.82 Å². The molecule has 0 unspecified atom stereocenters. The molecule has 0 radical (unpaired) electrons. The number of aromatic nitrogens is 2. The van der Waals surface area contributed by atoms with Crippen molar-refractivity contribution in [3.63, 3.8) is 0 Å². The van der Waals surface area contributed by atoms with Gasteiger partial charge in [-0.1, -0.05) is 0 Å². The van der Waals surface area contributed by atoms with Crippen LogP contribution in [0, 0.1) is 30.9 Å². The van der Waals surface area contributed by atoms with Gasteiger partial charge in [-0.2, -0.15) is 0 Å². The molecule has 0 saturated heterocycles. The van der Waals surface area contributed by atoms with Crippen LogP contribution >= 0.6 is 0 Å². The van der Waals surface area contributed by atoms with Gasteiger partial charge in [0, 0.05) is 18.2 Å². The van der Waals surface area contributed by atoms with Crippen LogP contribution in [-0.2, 0) is 0 Å². The Labute approximate surface area is 138 Å². The van der Waals surface area contributed by atoms with Crippen molar-refractivity contribution in [1.29, 1.82) is 0 Å². The standard InChI is InChI=1S/C16H17N3O5/c1-8-5-6-13(16(17-8)19(22)23)24-7-12(21)15-9(2)14(11(4)20)10(3)18-15/h5-6,18H,7H2,1-4H3. The lowest BCUT2D eigenvalue weighted by Crippen LogP contribution is -2.14. The maximum absolute atomic E-state index is 12.3. The number of hydrogen-bond acceptors (Lipinski definition) is 6. The van der Waals surface area contributed by atoms with Crippen LogP contribution in [0.25, 0.3) is 0 Å². The summed E-state index contributed by atoms with van der Waals surface area (Å²) in [7, 11) is 0. The number of aryl methyl sites for hydroxylation is 2. The summed E-state index contributed by atoms with van der Waals surface area (Å²) in [4.78, 5) is 40.9. The molecule has 24 heavy (non-hydrogen) atoms. The minimum absolute atomic E-state index is 0.0772. The molecule has 0 fully saturated rings. The zero-order valence-corrected chi connectivity index (χ0v) is 13.8. The minimum atomic E-state index is -0.662. The summed E-state index contributed by atoms with van der Waals surface area (Å²) in [5.74, 6) is -1.06. The van der Waals surface area contributed by atoms with Crippen LogP contribution in [-0.4, -0.2) is 33.1 Å². The third-order valence-electron chi connectivity index (χ3n) is 3.58. The molecule has 0 amide bonds. The molecule has 0 bridgehead atoms. The first kappa shape index (κ1) is 17.3. The molecule has 2 aromatic heterocycles. The number of ketones is 2. The SMILES string of the molecule is CC(=O)c1c(C)[nH]c(C(=O)COc2ccc(C)nc2[N+](=O)[O-])c1C. The summed E-state index contributed by atoms with van der Waals surface area (Å²) in [6.07, 6.45) is 0. The Bertz CT molecular complexity index is 838. The Hall–Kier alpha value is -3.03. The van der Waals surface area contributed by atoms with Crippen LogP contribution in [0.3, 0.4) is 0 Å². The van der Waals surface area contributed by atoms with Gasteiger partial charge in [-0.05, 0) is 48.4 Å². The molecule has 2 rings (SSSR count). The van der Waals surface area contributed by atoms with E-state index in [1.807, 2.05) is 0 Å². The number of carbonyl (C=O) groups excluding carboxylic acids is 2. The quantitative estimate of drug-likeness (QED) is 0.494. The first-order valence-corrected chi connectivity index (χ1v) is 7.20. The highest BCUT2D eigenvalue weighted by Gasteiger charge is 2.22. The predicted molar refractivity (Wildman–Crippen MR) is 85.7 cm³/mol. The maximum atomic E-state index is 12.3. The average molecular weight is 331 g/mol. The summed E-state index contributed by atoms with van der Waals surface area (Å²) in [6.45, 7) is 6.02. The Kier molecular flexibility index (Phi) is 4.77. The molecular weight excluding hydrogens is 314 g/mol. The fourth-order valence-corrected chi connectivity index (χ4v) is 2.55. The third-order valence-corrected chi connectivity index (χ3v) is 3.58. The van der Waals surface area contributed by atoms with Crippen molar-refractivity contribution in [2.24, 2.45) is 0 Å². The second-order valence-electron chi connectivity index (χ2n) is 5.42. The predicted octanol–water partition coefficient (Wildman–Crippen LogP) is 2.71. The largest absolute Gasteiger partial charge is 0.477 e. The van der Waals surface area contributed by atoms with Crippen molar-refractivity contribution >= 4 is 17.4 Å². The smallest absolute Gasteiger partial charge is 0.406 e. The Morgan fingerprint density at radius 1 is 1.29 bits per heavy atom. The van der Waals surface area contributed by atoms with E-state index in [1.165, 1.54) is 13.0 Å². The zero-order chi connectivity index (χ0) is 18.0. The summed E-state index contributed by atoms with van der Waals surface area (Å²) in [5.41, 5.74) is 2.36. The molecule has 1 N–H and O–H groups in total. The number of hydrogen-bond donors (Lipinski definition) is 1. The minimum Gasteiger partial charge on any atom is -0.477 e. The normalized spacial score (nSPS) is 10.5. The van der Waals surface area contributed by atoms with Crippen molar-refractivity contribution in [3.8, 4) is 5.75 Å². The third kappa shape index (κ3) is 3.32. The fraction of sp³-hybridized carbons (Fsp3) is 0.312. The van der Waals surface area contributed by atoms with Crippen molar-refractivity contribution in [1.82, 2.24) is 9.97 Å². The van der Waals surface area contributed by atoms with E-state index in [0.717, 1.165) is 0 Å². The summed E-state index contributed by atoms with van der Waals surface area (Å²) in [5, 5.41) is 11.0. The fourth-order valence-electron chi connectivity index (χ4n) is 2.55. The number of pyridine rings is 1. The lowest BCUT2D eigenvalue weighted by molar-refractivity contribution is -0.390. The topological polar surface area (TPSA) is 115 Å². The molecule has 8 heteroatoms. The Morgan fingerprint density at radius 3 is 2.50 bits per heavy atom. The molecular formula is C16H17N3O5. The van der Waals surface area contributed by atoms with E-state index in [0.29, 0.717) is 22.5 Å². The van der Waals surface area contributed by atoms with Gasteiger partial charge < -0.3 is 19.8 Å². The van der Waals surface area contributed by atoms with Crippen LogP contribution in [0.4, 0.5) is 5.82 Å². The summed E-state index contributed by atoms with van der Waals surface area (Å²) in [6, 6.07) is 2.96. The average Bonchev–Trinajstić information content (AvgIpc) is 2.80. The second-order valence-corrected chi connectivity index (χ2v) is 5.42. The van der Waals surface area contributed by atoms with Crippen LogP contribution in [0.5, 0.6) is 5.75 Å². The maximum Gasteiger partial charge on any atom is 0.406 e. The molecule has 2 heterocycles. The van der Waals surface area contributed by atoms with Gasteiger partial charge in [0.1, 0.15) is 5.69 Å². The molecule has 0 spiro atoms. The molecule has 8 nitrogen and oxygen atoms in total. The Morgan fingerprint density at radius 2 is 1.96 bits per heavy atom. The van der Waals surface area contributed by atoms with Crippen molar-refractivity contribution in [2.45, 2.75) is 27.7 Å². The van der Waals surface area contributed by atoms with Crippen LogP contribution in [0.1, 0.15) is 44.7 Å². The van der Waals surface area contributed by atoms with Crippen molar-refractivity contribution in [2.75, 3.05) is 6.61 Å². The number of H-pyrrole nitrogens is 1. The van der Waals surface area contributed by atoms with E-state index in [9.17, 15) is 19.7 Å². The monoisotopic (exact) mass is 331 g/mol. The zero-order valence-electron chi connectivity index (χ0n) is 13.8. The van der Waals surface area contributed by atoms with Crippen LogP contribution in [0.15, 0.2) is 12.1 Å². The highest BCUT2D eigenvalue weighted by molar-refractivity contribution is 6.03.